The fourth-order valence-electron chi connectivity index (χ4n) is 1.22. The molecule has 0 spiro atoms. The summed E-state index contributed by atoms with van der Waals surface area (Å²) in [5, 5.41) is 18.7. The lowest BCUT2D eigenvalue weighted by molar-refractivity contribution is 0.101. The molecule has 2 N–H and O–H groups in total. The van der Waals surface area contributed by atoms with Gasteiger partial charge in [-0.15, -0.1) is 11.3 Å². The smallest absolute Gasteiger partial charge is 0.137 e. The van der Waals surface area contributed by atoms with E-state index in [1.165, 1.54) is 11.3 Å². The molecule has 3 nitrogen and oxygen atoms in total. The molecule has 0 aliphatic carbocycles. The molecule has 0 amide bonds. The van der Waals surface area contributed by atoms with E-state index in [0.717, 1.165) is 10.6 Å². The molecule has 4 heteroatoms. The summed E-state index contributed by atoms with van der Waals surface area (Å²) in [7, 11) is 0. The van der Waals surface area contributed by atoms with Crippen LogP contribution in [0, 0.1) is 0 Å². The molecule has 0 aromatic carbocycles. The largest absolute Gasteiger partial charge is 0.378 e. The zero-order chi connectivity index (χ0) is 9.31. The molecular formula is C9H10N2OS. The molecule has 0 aliphatic heterocycles. The molecule has 0 bridgehead atoms. The van der Waals surface area contributed by atoms with Crippen molar-refractivity contribution in [2.45, 2.75) is 12.5 Å². The van der Waals surface area contributed by atoms with E-state index in [1.54, 1.807) is 19.2 Å². The molecule has 2 aromatic rings. The van der Waals surface area contributed by atoms with Gasteiger partial charge in [-0.05, 0) is 24.4 Å². The molecule has 0 saturated heterocycles. The molecule has 0 aliphatic rings. The van der Waals surface area contributed by atoms with Gasteiger partial charge in [-0.25, -0.2) is 0 Å². The lowest BCUT2D eigenvalue weighted by Gasteiger charge is -2.19. The van der Waals surface area contributed by atoms with Crippen LogP contribution in [-0.4, -0.2) is 15.3 Å². The highest BCUT2D eigenvalue weighted by Crippen LogP contribution is 2.30. The van der Waals surface area contributed by atoms with E-state index < -0.39 is 5.60 Å². The normalized spacial score (nSPS) is 15.5. The third-order valence-electron chi connectivity index (χ3n) is 2.03. The molecule has 0 saturated carbocycles. The third-order valence-corrected chi connectivity index (χ3v) is 3.11. The number of hydrogen-bond acceptors (Lipinski definition) is 3. The van der Waals surface area contributed by atoms with Crippen molar-refractivity contribution in [1.82, 2.24) is 10.2 Å². The van der Waals surface area contributed by atoms with Crippen LogP contribution in [0.15, 0.2) is 29.8 Å². The summed E-state index contributed by atoms with van der Waals surface area (Å²) in [4.78, 5) is 0.914. The van der Waals surface area contributed by atoms with E-state index in [9.17, 15) is 5.11 Å². The van der Waals surface area contributed by atoms with Crippen LogP contribution in [0.4, 0.5) is 0 Å². The number of aliphatic hydroxyl groups is 1. The Labute approximate surface area is 80.1 Å². The maximum Gasteiger partial charge on any atom is 0.137 e. The first kappa shape index (κ1) is 8.47. The van der Waals surface area contributed by atoms with Crippen LogP contribution in [0.1, 0.15) is 17.5 Å². The van der Waals surface area contributed by atoms with Crippen molar-refractivity contribution in [1.29, 1.82) is 0 Å². The highest BCUT2D eigenvalue weighted by Gasteiger charge is 2.27. The molecule has 0 fully saturated rings. The van der Waals surface area contributed by atoms with Gasteiger partial charge >= 0.3 is 0 Å². The van der Waals surface area contributed by atoms with Gasteiger partial charge in [-0.2, -0.15) is 5.10 Å². The van der Waals surface area contributed by atoms with Gasteiger partial charge < -0.3 is 5.11 Å². The molecule has 2 rings (SSSR count). The number of rotatable bonds is 2. The quantitative estimate of drug-likeness (QED) is 0.764. The number of H-pyrrole nitrogens is 1. The highest BCUT2D eigenvalue weighted by molar-refractivity contribution is 7.10. The van der Waals surface area contributed by atoms with E-state index in [0.29, 0.717) is 0 Å². The maximum atomic E-state index is 10.2. The standard InChI is InChI=1S/C9H10N2OS/c1-9(12,7-4-5-10-11-7)8-3-2-6-13-8/h2-6,12H,1H3,(H,10,11). The first-order valence-electron chi connectivity index (χ1n) is 3.97. The summed E-state index contributed by atoms with van der Waals surface area (Å²) in [6, 6.07) is 5.61. The van der Waals surface area contributed by atoms with E-state index in [1.807, 2.05) is 17.5 Å². The fourth-order valence-corrected chi connectivity index (χ4v) is 2.02. The fraction of sp³-hybridized carbons (Fsp3) is 0.222. The number of hydrogen-bond donors (Lipinski definition) is 2. The van der Waals surface area contributed by atoms with E-state index in [-0.39, 0.29) is 0 Å². The SMILES string of the molecule is CC(O)(c1ccn[nH]1)c1cccs1. The molecular weight excluding hydrogens is 184 g/mol. The van der Waals surface area contributed by atoms with Crippen molar-refractivity contribution in [2.24, 2.45) is 0 Å². The van der Waals surface area contributed by atoms with Gasteiger partial charge in [-0.1, -0.05) is 6.07 Å². The summed E-state index contributed by atoms with van der Waals surface area (Å²) in [5.41, 5.74) is -0.236. The molecule has 2 aromatic heterocycles. The van der Waals surface area contributed by atoms with Gasteiger partial charge in [0, 0.05) is 11.1 Å². The van der Waals surface area contributed by atoms with Gasteiger partial charge in [0.15, 0.2) is 0 Å². The van der Waals surface area contributed by atoms with Crippen LogP contribution in [0.5, 0.6) is 0 Å². The predicted molar refractivity (Wildman–Crippen MR) is 51.6 cm³/mol. The molecule has 13 heavy (non-hydrogen) atoms. The summed E-state index contributed by atoms with van der Waals surface area (Å²) < 4.78 is 0. The van der Waals surface area contributed by atoms with Crippen LogP contribution in [0.25, 0.3) is 0 Å². The number of thiophene rings is 1. The van der Waals surface area contributed by atoms with Crippen molar-refractivity contribution in [3.8, 4) is 0 Å². The zero-order valence-corrected chi connectivity index (χ0v) is 8.01. The van der Waals surface area contributed by atoms with Crippen LogP contribution < -0.4 is 0 Å². The number of nitrogens with one attached hydrogen (secondary N) is 1. The number of aromatic amines is 1. The van der Waals surface area contributed by atoms with Gasteiger partial charge in [0.1, 0.15) is 5.60 Å². The van der Waals surface area contributed by atoms with Crippen molar-refractivity contribution >= 4 is 11.3 Å². The number of nitrogens with zero attached hydrogens (tertiary/aromatic N) is 1. The van der Waals surface area contributed by atoms with Crippen molar-refractivity contribution in [3.05, 3.63) is 40.3 Å². The summed E-state index contributed by atoms with van der Waals surface area (Å²) in [5.74, 6) is 0. The zero-order valence-electron chi connectivity index (χ0n) is 7.19. The second-order valence-electron chi connectivity index (χ2n) is 3.02. The first-order valence-corrected chi connectivity index (χ1v) is 4.85. The van der Waals surface area contributed by atoms with Crippen LogP contribution in [0.3, 0.4) is 0 Å². The molecule has 2 heterocycles. The van der Waals surface area contributed by atoms with Gasteiger partial charge in [-0.3, -0.25) is 5.10 Å². The van der Waals surface area contributed by atoms with Crippen molar-refractivity contribution < 1.29 is 5.11 Å². The minimum absolute atomic E-state index is 0.718. The lowest BCUT2D eigenvalue weighted by atomic mass is 10.0. The Bertz CT molecular complexity index is 328. The van der Waals surface area contributed by atoms with Gasteiger partial charge in [0.25, 0.3) is 0 Å². The Kier molecular flexibility index (Phi) is 1.94. The van der Waals surface area contributed by atoms with Crippen LogP contribution >= 0.6 is 11.3 Å². The van der Waals surface area contributed by atoms with E-state index >= 15 is 0 Å². The third kappa shape index (κ3) is 1.38. The summed E-state index contributed by atoms with van der Waals surface area (Å²) >= 11 is 1.53. The van der Waals surface area contributed by atoms with Crippen LogP contribution in [0.2, 0.25) is 0 Å². The molecule has 1 atom stereocenters. The summed E-state index contributed by atoms with van der Waals surface area (Å²) in [6.45, 7) is 1.76. The second-order valence-corrected chi connectivity index (χ2v) is 3.97. The van der Waals surface area contributed by atoms with Crippen molar-refractivity contribution in [3.63, 3.8) is 0 Å². The Balaban J connectivity index is 2.42. The number of aromatic nitrogens is 2. The second kappa shape index (κ2) is 2.97. The Morgan fingerprint density at radius 1 is 1.54 bits per heavy atom. The maximum absolute atomic E-state index is 10.2. The predicted octanol–water partition coefficient (Wildman–Crippen LogP) is 1.73. The molecule has 0 radical (unpaired) electrons. The average Bonchev–Trinajstić information content (AvgIpc) is 2.78. The van der Waals surface area contributed by atoms with Crippen molar-refractivity contribution in [2.75, 3.05) is 0 Å². The topological polar surface area (TPSA) is 48.9 Å². The first-order chi connectivity index (χ1) is 6.21. The van der Waals surface area contributed by atoms with E-state index in [4.69, 9.17) is 0 Å². The Hall–Kier alpha value is -1.13. The highest BCUT2D eigenvalue weighted by atomic mass is 32.1. The lowest BCUT2D eigenvalue weighted by Crippen LogP contribution is -2.21. The summed E-state index contributed by atoms with van der Waals surface area (Å²) in [6.07, 6.45) is 1.64. The van der Waals surface area contributed by atoms with Crippen LogP contribution in [-0.2, 0) is 5.60 Å². The van der Waals surface area contributed by atoms with Gasteiger partial charge in [0.2, 0.25) is 0 Å². The average molecular weight is 194 g/mol. The Morgan fingerprint density at radius 3 is 2.92 bits per heavy atom. The van der Waals surface area contributed by atoms with Gasteiger partial charge in [0.05, 0.1) is 5.69 Å². The Morgan fingerprint density at radius 2 is 2.38 bits per heavy atom. The minimum Gasteiger partial charge on any atom is -0.378 e. The van der Waals surface area contributed by atoms with E-state index in [2.05, 4.69) is 10.2 Å². The molecule has 68 valence electrons. The minimum atomic E-state index is -0.954. The monoisotopic (exact) mass is 194 g/mol. The molecule has 1 unspecified atom stereocenters.